The summed E-state index contributed by atoms with van der Waals surface area (Å²) in [6, 6.07) is 13.8. The largest absolute Gasteiger partial charge is 0.457 e. The fraction of sp³-hybridized carbons (Fsp3) is 0.235. The zero-order valence-electron chi connectivity index (χ0n) is 12.0. The Morgan fingerprint density at radius 1 is 1.18 bits per heavy atom. The monoisotopic (exact) mass is 416 g/mol. The molecular formula is C17H15F2IO2. The van der Waals surface area contributed by atoms with Crippen molar-refractivity contribution in [3.63, 3.8) is 0 Å². The van der Waals surface area contributed by atoms with Gasteiger partial charge in [-0.3, -0.25) is 4.79 Å². The van der Waals surface area contributed by atoms with Gasteiger partial charge in [0.15, 0.2) is 0 Å². The summed E-state index contributed by atoms with van der Waals surface area (Å²) >= 11 is 1.54. The third kappa shape index (κ3) is 4.25. The molecule has 0 aliphatic carbocycles. The van der Waals surface area contributed by atoms with Crippen molar-refractivity contribution in [2.24, 2.45) is 0 Å². The average Bonchev–Trinajstić information content (AvgIpc) is 2.50. The molecule has 1 unspecified atom stereocenters. The number of carbonyl (C=O) groups excluding carboxylic acids is 1. The fourth-order valence-electron chi connectivity index (χ4n) is 2.36. The lowest BCUT2D eigenvalue weighted by atomic mass is 9.99. The molecule has 2 aromatic carbocycles. The maximum atomic E-state index is 12.8. The van der Waals surface area contributed by atoms with Crippen LogP contribution in [0.15, 0.2) is 52.1 Å². The molecule has 5 heteroatoms. The van der Waals surface area contributed by atoms with Crippen LogP contribution in [0.4, 0.5) is 8.78 Å². The van der Waals surface area contributed by atoms with Gasteiger partial charge in [-0.2, -0.15) is 8.78 Å². The molecule has 22 heavy (non-hydrogen) atoms. The van der Waals surface area contributed by atoms with E-state index in [-0.39, 0.29) is 3.58 Å². The van der Waals surface area contributed by atoms with E-state index in [0.29, 0.717) is 12.8 Å². The highest BCUT2D eigenvalue weighted by Crippen LogP contribution is 2.27. The van der Waals surface area contributed by atoms with E-state index in [0.717, 1.165) is 16.3 Å². The quantitative estimate of drug-likeness (QED) is 0.492. The molecule has 0 amide bonds. The van der Waals surface area contributed by atoms with Crippen LogP contribution in [0.2, 0.25) is 0 Å². The van der Waals surface area contributed by atoms with Crippen LogP contribution in [0.3, 0.4) is 0 Å². The van der Waals surface area contributed by atoms with Crippen molar-refractivity contribution < 1.29 is 18.3 Å². The zero-order chi connectivity index (χ0) is 16.1. The van der Waals surface area contributed by atoms with Crippen LogP contribution in [-0.4, -0.2) is 12.1 Å². The Labute approximate surface area is 141 Å². The first-order valence-corrected chi connectivity index (χ1v) is 7.91. The molecule has 0 aliphatic heterocycles. The molecule has 2 aromatic rings. The molecule has 1 atom stereocenters. The van der Waals surface area contributed by atoms with Crippen molar-refractivity contribution in [2.45, 2.75) is 25.9 Å². The standard InChI is InChI=1S/C17H15F2IO2/c1-11(21)22-15(16(20)17(18)19)10-9-13-7-4-6-12-5-2-3-8-14(12)13/h2-8,15H,9-10H2,1H3. The van der Waals surface area contributed by atoms with Crippen molar-refractivity contribution >= 4 is 39.3 Å². The Kier molecular flexibility index (Phi) is 5.88. The highest BCUT2D eigenvalue weighted by atomic mass is 127. The summed E-state index contributed by atoms with van der Waals surface area (Å²) < 4.78 is 30.4. The smallest absolute Gasteiger partial charge is 0.303 e. The zero-order valence-corrected chi connectivity index (χ0v) is 14.1. The second kappa shape index (κ2) is 7.67. The van der Waals surface area contributed by atoms with Crippen LogP contribution in [0.1, 0.15) is 18.9 Å². The number of carbonyl (C=O) groups is 1. The molecule has 0 spiro atoms. The van der Waals surface area contributed by atoms with E-state index in [1.807, 2.05) is 42.5 Å². The van der Waals surface area contributed by atoms with Crippen LogP contribution < -0.4 is 0 Å². The number of benzene rings is 2. The Balaban J connectivity index is 2.21. The maximum absolute atomic E-state index is 12.8. The van der Waals surface area contributed by atoms with Crippen LogP contribution in [0, 0.1) is 0 Å². The molecule has 2 nitrogen and oxygen atoms in total. The molecule has 0 saturated heterocycles. The van der Waals surface area contributed by atoms with E-state index < -0.39 is 18.2 Å². The van der Waals surface area contributed by atoms with E-state index >= 15 is 0 Å². The highest BCUT2D eigenvalue weighted by Gasteiger charge is 2.20. The number of halogens is 3. The van der Waals surface area contributed by atoms with Gasteiger partial charge in [0, 0.05) is 6.92 Å². The first-order chi connectivity index (χ1) is 10.5. The molecule has 0 saturated carbocycles. The molecule has 0 N–H and O–H groups in total. The van der Waals surface area contributed by atoms with E-state index in [1.165, 1.54) is 6.92 Å². The number of esters is 1. The molecule has 0 bridgehead atoms. The third-order valence-electron chi connectivity index (χ3n) is 3.33. The van der Waals surface area contributed by atoms with Gasteiger partial charge in [-0.05, 0) is 51.8 Å². The molecule has 116 valence electrons. The van der Waals surface area contributed by atoms with Gasteiger partial charge in [-0.15, -0.1) is 0 Å². The number of rotatable bonds is 5. The molecular weight excluding hydrogens is 401 g/mol. The topological polar surface area (TPSA) is 26.3 Å². The summed E-state index contributed by atoms with van der Waals surface area (Å²) in [6.07, 6.45) is -1.82. The minimum atomic E-state index is -1.80. The Morgan fingerprint density at radius 3 is 2.55 bits per heavy atom. The van der Waals surface area contributed by atoms with Gasteiger partial charge in [0.05, 0.1) is 3.58 Å². The van der Waals surface area contributed by atoms with Gasteiger partial charge in [0.25, 0.3) is 6.08 Å². The summed E-state index contributed by atoms with van der Waals surface area (Å²) in [5.74, 6) is -0.557. The Bertz CT molecular complexity index is 703. The van der Waals surface area contributed by atoms with Gasteiger partial charge < -0.3 is 4.74 Å². The van der Waals surface area contributed by atoms with E-state index in [4.69, 9.17) is 4.74 Å². The SMILES string of the molecule is CC(=O)OC(CCc1cccc2ccccc12)C(I)=C(F)F. The normalized spacial score (nSPS) is 12.0. The van der Waals surface area contributed by atoms with E-state index in [1.54, 1.807) is 22.6 Å². The summed E-state index contributed by atoms with van der Waals surface area (Å²) in [4.78, 5) is 11.1. The summed E-state index contributed by atoms with van der Waals surface area (Å²) in [5.41, 5.74) is 1.05. The molecule has 0 aliphatic rings. The van der Waals surface area contributed by atoms with Crippen molar-refractivity contribution in [1.29, 1.82) is 0 Å². The number of hydrogen-bond acceptors (Lipinski definition) is 2. The van der Waals surface area contributed by atoms with Crippen molar-refractivity contribution in [3.8, 4) is 0 Å². The van der Waals surface area contributed by atoms with Crippen LogP contribution >= 0.6 is 22.6 Å². The van der Waals surface area contributed by atoms with E-state index in [9.17, 15) is 13.6 Å². The summed E-state index contributed by atoms with van der Waals surface area (Å²) in [5, 5.41) is 2.19. The van der Waals surface area contributed by atoms with Crippen molar-refractivity contribution in [2.75, 3.05) is 0 Å². The lowest BCUT2D eigenvalue weighted by molar-refractivity contribution is -0.144. The number of fused-ring (bicyclic) bond motifs is 1. The predicted molar refractivity (Wildman–Crippen MR) is 91.1 cm³/mol. The van der Waals surface area contributed by atoms with Crippen LogP contribution in [-0.2, 0) is 16.0 Å². The van der Waals surface area contributed by atoms with Gasteiger partial charge in [-0.25, -0.2) is 0 Å². The first-order valence-electron chi connectivity index (χ1n) is 6.83. The second-order valence-corrected chi connectivity index (χ2v) is 6.05. The number of aryl methyl sites for hydroxylation is 1. The average molecular weight is 416 g/mol. The van der Waals surface area contributed by atoms with Gasteiger partial charge in [0.1, 0.15) is 6.10 Å². The van der Waals surface area contributed by atoms with Gasteiger partial charge in [0.2, 0.25) is 0 Å². The number of hydrogen-bond donors (Lipinski definition) is 0. The summed E-state index contributed by atoms with van der Waals surface area (Å²) in [7, 11) is 0. The van der Waals surface area contributed by atoms with E-state index in [2.05, 4.69) is 0 Å². The second-order valence-electron chi connectivity index (χ2n) is 4.88. The molecule has 0 radical (unpaired) electrons. The minimum Gasteiger partial charge on any atom is -0.457 e. The van der Waals surface area contributed by atoms with Crippen molar-refractivity contribution in [3.05, 3.63) is 57.7 Å². The molecule has 2 rings (SSSR count). The number of ether oxygens (including phenoxy) is 1. The molecule has 0 fully saturated rings. The van der Waals surface area contributed by atoms with Gasteiger partial charge in [-0.1, -0.05) is 42.5 Å². The first kappa shape index (κ1) is 16.9. The predicted octanol–water partition coefficient (Wildman–Crippen LogP) is 5.25. The third-order valence-corrected chi connectivity index (χ3v) is 4.43. The Hall–Kier alpha value is -1.50. The van der Waals surface area contributed by atoms with Crippen molar-refractivity contribution in [1.82, 2.24) is 0 Å². The minimum absolute atomic E-state index is 0.215. The molecule has 0 aromatic heterocycles. The lowest BCUT2D eigenvalue weighted by Gasteiger charge is -2.16. The van der Waals surface area contributed by atoms with Gasteiger partial charge >= 0.3 is 5.97 Å². The fourth-order valence-corrected chi connectivity index (χ4v) is 2.80. The van der Waals surface area contributed by atoms with Crippen LogP contribution in [0.25, 0.3) is 10.8 Å². The maximum Gasteiger partial charge on any atom is 0.303 e. The lowest BCUT2D eigenvalue weighted by Crippen LogP contribution is -2.18. The molecule has 0 heterocycles. The Morgan fingerprint density at radius 2 is 1.86 bits per heavy atom. The summed E-state index contributed by atoms with van der Waals surface area (Å²) in [6.45, 7) is 1.23. The highest BCUT2D eigenvalue weighted by molar-refractivity contribution is 14.1. The van der Waals surface area contributed by atoms with Crippen LogP contribution in [0.5, 0.6) is 0 Å².